The van der Waals surface area contributed by atoms with Crippen molar-refractivity contribution >= 4 is 48.6 Å². The van der Waals surface area contributed by atoms with Crippen molar-refractivity contribution in [2.75, 3.05) is 4.90 Å². The van der Waals surface area contributed by atoms with E-state index in [0.29, 0.717) is 0 Å². The maximum absolute atomic E-state index is 2.58. The molecule has 2 aliphatic rings. The average molecular weight is 908 g/mol. The Morgan fingerprint density at radius 3 is 1.61 bits per heavy atom. The summed E-state index contributed by atoms with van der Waals surface area (Å²) in [6.07, 6.45) is 0. The zero-order valence-corrected chi connectivity index (χ0v) is 39.4. The highest BCUT2D eigenvalue weighted by Crippen LogP contribution is 2.65. The fraction of sp³-hybridized carbons (Fsp3) is 0.0294. The highest BCUT2D eigenvalue weighted by Gasteiger charge is 2.52. The van der Waals surface area contributed by atoms with Crippen molar-refractivity contribution in [1.82, 2.24) is 0 Å². The van der Waals surface area contributed by atoms with Gasteiger partial charge >= 0.3 is 0 Å². The summed E-state index contributed by atoms with van der Waals surface area (Å²) in [7, 11) is 0. The van der Waals surface area contributed by atoms with Gasteiger partial charge in [-0.2, -0.15) is 0 Å². The van der Waals surface area contributed by atoms with E-state index in [0.717, 1.165) is 22.6 Å². The lowest BCUT2D eigenvalue weighted by molar-refractivity contribution is 0.794. The number of hydrogen-bond acceptors (Lipinski definition) is 2. The van der Waals surface area contributed by atoms with Crippen molar-refractivity contribution in [3.05, 3.63) is 283 Å². The first-order valence-corrected chi connectivity index (χ1v) is 25.1. The van der Waals surface area contributed by atoms with E-state index in [1.165, 1.54) is 109 Å². The van der Waals surface area contributed by atoms with Gasteiger partial charge in [-0.15, -0.1) is 11.3 Å². The molecule has 2 heteroatoms. The van der Waals surface area contributed by atoms with Crippen LogP contribution >= 0.6 is 11.3 Å². The lowest BCUT2D eigenvalue weighted by Gasteiger charge is -2.33. The standard InChI is InChI=1S/C68H45NS/c1-44-18-13-21-46(40-44)48-23-15-25-51(42-48)69(63-36-17-34-61-67(63)56-29-7-11-33-60(56)68(61)58-31-9-5-26-53(58)54-27-6-10-32-59(54)68)62-35-16-30-52(49-38-39-65-57(43-49)55-28-8-12-37-64(55)70-65)66(62)50-24-14-22-47(41-50)45-19-3-2-4-20-45/h2-43H,1H3. The molecule has 0 saturated heterocycles. The Bertz CT molecular complexity index is 4000. The monoisotopic (exact) mass is 907 g/mol. The normalized spacial score (nSPS) is 12.8. The third-order valence-corrected chi connectivity index (χ3v) is 16.1. The smallest absolute Gasteiger partial charge is 0.0726 e. The van der Waals surface area contributed by atoms with Gasteiger partial charge in [-0.05, 0) is 133 Å². The average Bonchev–Trinajstić information content (AvgIpc) is 4.06. The number of nitrogens with zero attached hydrogens (tertiary/aromatic N) is 1. The topological polar surface area (TPSA) is 3.24 Å². The van der Waals surface area contributed by atoms with E-state index in [4.69, 9.17) is 0 Å². The number of anilines is 3. The number of thiophene rings is 1. The largest absolute Gasteiger partial charge is 0.309 e. The van der Waals surface area contributed by atoms with Crippen molar-refractivity contribution in [1.29, 1.82) is 0 Å². The quantitative estimate of drug-likeness (QED) is 0.154. The molecule has 0 unspecified atom stereocenters. The molecule has 0 bridgehead atoms. The summed E-state index contributed by atoms with van der Waals surface area (Å²) < 4.78 is 2.60. The van der Waals surface area contributed by atoms with Gasteiger partial charge in [-0.3, -0.25) is 0 Å². The van der Waals surface area contributed by atoms with Crippen LogP contribution in [0.15, 0.2) is 255 Å². The van der Waals surface area contributed by atoms with Crippen LogP contribution < -0.4 is 4.90 Å². The van der Waals surface area contributed by atoms with E-state index in [1.54, 1.807) is 0 Å². The third-order valence-electron chi connectivity index (χ3n) is 14.9. The zero-order valence-electron chi connectivity index (χ0n) is 38.6. The molecule has 1 nitrogen and oxygen atoms in total. The Morgan fingerprint density at radius 1 is 0.314 bits per heavy atom. The third kappa shape index (κ3) is 6.10. The van der Waals surface area contributed by atoms with Crippen molar-refractivity contribution in [2.24, 2.45) is 0 Å². The summed E-state index contributed by atoms with van der Waals surface area (Å²) in [5.74, 6) is 0. The molecule has 1 heterocycles. The number of benzene rings is 11. The summed E-state index contributed by atoms with van der Waals surface area (Å²) in [6.45, 7) is 2.18. The molecular weight excluding hydrogens is 863 g/mol. The second kappa shape index (κ2) is 16.0. The molecule has 0 amide bonds. The lowest BCUT2D eigenvalue weighted by atomic mass is 9.70. The Morgan fingerprint density at radius 2 is 0.843 bits per heavy atom. The SMILES string of the molecule is Cc1cccc(-c2cccc(N(c3cccc(-c4ccc5sc6ccccc6c5c4)c3-c3cccc(-c4ccccc4)c3)c3cccc4c3-c3ccccc3C43c4ccccc4-c4ccccc43)c2)c1. The molecule has 0 saturated carbocycles. The van der Waals surface area contributed by atoms with Crippen molar-refractivity contribution < 1.29 is 0 Å². The molecule has 0 N–H and O–H groups in total. The predicted molar refractivity (Wildman–Crippen MR) is 297 cm³/mol. The first kappa shape index (κ1) is 40.5. The van der Waals surface area contributed by atoms with Gasteiger partial charge in [0.25, 0.3) is 0 Å². The zero-order chi connectivity index (χ0) is 46.3. The summed E-state index contributed by atoms with van der Waals surface area (Å²) >= 11 is 1.87. The van der Waals surface area contributed by atoms with Gasteiger partial charge in [-0.1, -0.05) is 212 Å². The van der Waals surface area contributed by atoms with Gasteiger partial charge < -0.3 is 4.90 Å². The van der Waals surface area contributed by atoms with Crippen LogP contribution in [0.2, 0.25) is 0 Å². The van der Waals surface area contributed by atoms with Crippen LogP contribution in [-0.4, -0.2) is 0 Å². The molecule has 12 aromatic rings. The predicted octanol–water partition coefficient (Wildman–Crippen LogP) is 18.8. The summed E-state index contributed by atoms with van der Waals surface area (Å²) in [4.78, 5) is 2.58. The summed E-state index contributed by atoms with van der Waals surface area (Å²) in [6, 6.07) is 95.3. The number of rotatable bonds is 7. The molecular formula is C68H45NS. The molecule has 14 rings (SSSR count). The highest BCUT2D eigenvalue weighted by molar-refractivity contribution is 7.25. The van der Waals surface area contributed by atoms with Gasteiger partial charge in [0.15, 0.2) is 0 Å². The molecule has 0 atom stereocenters. The molecule has 2 aliphatic carbocycles. The van der Waals surface area contributed by atoms with Crippen LogP contribution in [0, 0.1) is 6.92 Å². The first-order chi connectivity index (χ1) is 34.6. The van der Waals surface area contributed by atoms with Crippen molar-refractivity contribution in [3.63, 3.8) is 0 Å². The van der Waals surface area contributed by atoms with Gasteiger partial charge in [-0.25, -0.2) is 0 Å². The Labute approximate surface area is 412 Å². The van der Waals surface area contributed by atoms with E-state index in [2.05, 4.69) is 267 Å². The fourth-order valence-electron chi connectivity index (χ4n) is 12.0. The minimum absolute atomic E-state index is 0.488. The van der Waals surface area contributed by atoms with Gasteiger partial charge in [0.2, 0.25) is 0 Å². The van der Waals surface area contributed by atoms with E-state index in [1.807, 2.05) is 11.3 Å². The van der Waals surface area contributed by atoms with Gasteiger partial charge in [0.1, 0.15) is 0 Å². The summed E-state index contributed by atoms with van der Waals surface area (Å²) in [5, 5.41) is 2.58. The maximum Gasteiger partial charge on any atom is 0.0726 e. The van der Waals surface area contributed by atoms with Crippen molar-refractivity contribution in [3.8, 4) is 66.8 Å². The number of fused-ring (bicyclic) bond motifs is 13. The van der Waals surface area contributed by atoms with Crippen LogP contribution in [0.5, 0.6) is 0 Å². The Hall–Kier alpha value is -8.56. The highest BCUT2D eigenvalue weighted by atomic mass is 32.1. The van der Waals surface area contributed by atoms with E-state index < -0.39 is 5.41 Å². The number of aryl methyl sites for hydroxylation is 1. The molecule has 328 valence electrons. The first-order valence-electron chi connectivity index (χ1n) is 24.2. The van der Waals surface area contributed by atoms with Crippen molar-refractivity contribution in [2.45, 2.75) is 12.3 Å². The lowest BCUT2D eigenvalue weighted by Crippen LogP contribution is -2.26. The van der Waals surface area contributed by atoms with E-state index >= 15 is 0 Å². The molecule has 1 spiro atoms. The fourth-order valence-corrected chi connectivity index (χ4v) is 13.1. The molecule has 0 aliphatic heterocycles. The van der Waals surface area contributed by atoms with Crippen LogP contribution in [0.25, 0.3) is 86.9 Å². The van der Waals surface area contributed by atoms with Gasteiger partial charge in [0.05, 0.1) is 16.8 Å². The molecule has 0 fully saturated rings. The van der Waals surface area contributed by atoms with Crippen LogP contribution in [0.4, 0.5) is 17.1 Å². The second-order valence-electron chi connectivity index (χ2n) is 18.8. The molecule has 1 aromatic heterocycles. The minimum Gasteiger partial charge on any atom is -0.309 e. The second-order valence-corrected chi connectivity index (χ2v) is 19.9. The Balaban J connectivity index is 1.09. The maximum atomic E-state index is 2.58. The van der Waals surface area contributed by atoms with E-state index in [9.17, 15) is 0 Å². The van der Waals surface area contributed by atoms with Crippen LogP contribution in [0.3, 0.4) is 0 Å². The summed E-state index contributed by atoms with van der Waals surface area (Å²) in [5.41, 5.74) is 24.0. The molecule has 11 aromatic carbocycles. The van der Waals surface area contributed by atoms with Gasteiger partial charge in [0, 0.05) is 37.0 Å². The number of hydrogen-bond donors (Lipinski definition) is 0. The minimum atomic E-state index is -0.488. The van der Waals surface area contributed by atoms with Crippen LogP contribution in [0.1, 0.15) is 27.8 Å². The molecule has 70 heavy (non-hydrogen) atoms. The van der Waals surface area contributed by atoms with Crippen LogP contribution in [-0.2, 0) is 5.41 Å². The molecule has 0 radical (unpaired) electrons. The van der Waals surface area contributed by atoms with E-state index in [-0.39, 0.29) is 0 Å². The Kier molecular flexibility index (Phi) is 9.27.